The molecule has 1 saturated heterocycles. The van der Waals surface area contributed by atoms with Crippen LogP contribution in [0.1, 0.15) is 20.1 Å². The number of nitrogens with zero attached hydrogens (tertiary/aromatic N) is 2. The first-order valence-corrected chi connectivity index (χ1v) is 11.3. The van der Waals surface area contributed by atoms with Crippen LogP contribution in [0.4, 0.5) is 10.2 Å². The number of aliphatic carboxylic acids is 1. The molecule has 1 fully saturated rings. The monoisotopic (exact) mass is 486 g/mol. The van der Waals surface area contributed by atoms with Gasteiger partial charge >= 0.3 is 19.4 Å². The molecule has 3 rings (SSSR count). The number of carboxylic acids is 1. The van der Waals surface area contributed by atoms with Gasteiger partial charge in [0.25, 0.3) is 0 Å². The van der Waals surface area contributed by atoms with E-state index in [0.29, 0.717) is 0 Å². The Morgan fingerprint density at radius 1 is 1.42 bits per heavy atom. The number of nitrogen functional groups attached to an aromatic ring is 1. The maximum Gasteiger partial charge on any atom is 0.459 e. The van der Waals surface area contributed by atoms with Crippen molar-refractivity contribution in [1.82, 2.24) is 14.6 Å². The van der Waals surface area contributed by atoms with Gasteiger partial charge in [-0.05, 0) is 32.0 Å². The lowest BCUT2D eigenvalue weighted by Gasteiger charge is -2.25. The summed E-state index contributed by atoms with van der Waals surface area (Å²) in [4.78, 5) is 26.9. The minimum Gasteiger partial charge on any atom is -0.480 e. The van der Waals surface area contributed by atoms with Gasteiger partial charge in [0, 0.05) is 6.20 Å². The van der Waals surface area contributed by atoms with E-state index in [1.54, 1.807) is 18.2 Å². The van der Waals surface area contributed by atoms with Crippen LogP contribution >= 0.6 is 7.75 Å². The van der Waals surface area contributed by atoms with Crippen LogP contribution in [0.15, 0.2) is 47.4 Å². The standard InChI is InChI=1S/C19H24FN4O8P/c1-11(16(26)27)23-33(29,32-12-6-4-3-5-7-12)30-10-13-15(25)19(2,20)17(31-13)24-9-8-14(21)22-18(24)28/h3-9,11,13,15,17,25H,10H2,1-2H3,(H,23,29)(H,26,27)(H2,21,22,28)/t11?,13-,15-,17-,19-,33+/m1/s1. The van der Waals surface area contributed by atoms with E-state index in [2.05, 4.69) is 10.1 Å². The molecule has 1 unspecified atom stereocenters. The summed E-state index contributed by atoms with van der Waals surface area (Å²) < 4.78 is 45.6. The van der Waals surface area contributed by atoms with E-state index in [-0.39, 0.29) is 11.6 Å². The Kier molecular flexibility index (Phi) is 7.20. The third kappa shape index (κ3) is 5.57. The van der Waals surface area contributed by atoms with Gasteiger partial charge in [-0.2, -0.15) is 10.1 Å². The average molecular weight is 486 g/mol. The van der Waals surface area contributed by atoms with Crippen LogP contribution in [0.25, 0.3) is 0 Å². The number of carboxylic acid groups (broad SMARTS) is 1. The Bertz CT molecular complexity index is 1100. The average Bonchev–Trinajstić information content (AvgIpc) is 2.96. The number of hydrogen-bond donors (Lipinski definition) is 4. The SMILES string of the molecule is CC(N[P@](=O)(OC[C@H]1O[C@@H](n2ccc(N)nc2=O)[C@](C)(F)[C@@H]1O)Oc1ccccc1)C(=O)O. The minimum atomic E-state index is -4.32. The van der Waals surface area contributed by atoms with Gasteiger partial charge in [-0.15, -0.1) is 0 Å². The number of nitrogens with two attached hydrogens (primary N) is 1. The normalized spacial score (nSPS) is 27.6. The Hall–Kier alpha value is -2.83. The highest BCUT2D eigenvalue weighted by Crippen LogP contribution is 2.47. The Labute approximate surface area is 187 Å². The number of anilines is 1. The molecule has 12 nitrogen and oxygen atoms in total. The second-order valence-corrected chi connectivity index (χ2v) is 9.25. The summed E-state index contributed by atoms with van der Waals surface area (Å²) in [6.45, 7) is 1.59. The fourth-order valence-corrected chi connectivity index (χ4v) is 4.64. The minimum absolute atomic E-state index is 0.0761. The van der Waals surface area contributed by atoms with Crippen molar-refractivity contribution in [3.05, 3.63) is 53.1 Å². The molecular formula is C19H24FN4O8P. The zero-order valence-corrected chi connectivity index (χ0v) is 18.6. The molecule has 1 aliphatic rings. The van der Waals surface area contributed by atoms with Crippen molar-refractivity contribution < 1.29 is 37.7 Å². The van der Waals surface area contributed by atoms with Gasteiger partial charge in [0.2, 0.25) is 0 Å². The number of hydrogen-bond acceptors (Lipinski definition) is 9. The van der Waals surface area contributed by atoms with Crippen LogP contribution in [0.2, 0.25) is 0 Å². The number of nitrogens with one attached hydrogen (secondary N) is 1. The van der Waals surface area contributed by atoms with Gasteiger partial charge in [0.05, 0.1) is 6.61 Å². The molecule has 0 spiro atoms. The molecule has 1 aromatic heterocycles. The molecule has 0 amide bonds. The fraction of sp³-hybridized carbons (Fsp3) is 0.421. The van der Waals surface area contributed by atoms with Gasteiger partial charge in [-0.1, -0.05) is 18.2 Å². The number of aliphatic hydroxyl groups is 1. The van der Waals surface area contributed by atoms with E-state index in [0.717, 1.165) is 11.5 Å². The summed E-state index contributed by atoms with van der Waals surface area (Å²) in [5.74, 6) is -1.28. The Balaban J connectivity index is 1.80. The molecule has 0 saturated carbocycles. The number of aromatic nitrogens is 2. The first kappa shape index (κ1) is 24.8. The summed E-state index contributed by atoms with van der Waals surface area (Å²) >= 11 is 0. The Morgan fingerprint density at radius 2 is 2.09 bits per heavy atom. The molecule has 1 aromatic carbocycles. The summed E-state index contributed by atoms with van der Waals surface area (Å²) in [5.41, 5.74) is 2.09. The predicted octanol–water partition coefficient (Wildman–Crippen LogP) is 1.08. The summed E-state index contributed by atoms with van der Waals surface area (Å²) in [5, 5.41) is 21.9. The van der Waals surface area contributed by atoms with Gasteiger partial charge < -0.3 is 25.2 Å². The van der Waals surface area contributed by atoms with Crippen molar-refractivity contribution in [2.24, 2.45) is 0 Å². The summed E-state index contributed by atoms with van der Waals surface area (Å²) in [6.07, 6.45) is -3.59. The number of para-hydroxylation sites is 1. The van der Waals surface area contributed by atoms with E-state index in [9.17, 15) is 19.3 Å². The number of benzene rings is 1. The van der Waals surface area contributed by atoms with Crippen LogP contribution < -0.4 is 21.0 Å². The maximum absolute atomic E-state index is 15.3. The van der Waals surface area contributed by atoms with Crippen LogP contribution in [0.5, 0.6) is 5.75 Å². The zero-order valence-electron chi connectivity index (χ0n) is 17.7. The fourth-order valence-electron chi connectivity index (χ4n) is 3.13. The van der Waals surface area contributed by atoms with Crippen LogP contribution in [-0.4, -0.2) is 56.3 Å². The molecule has 0 bridgehead atoms. The highest BCUT2D eigenvalue weighted by Gasteiger charge is 2.56. The molecule has 14 heteroatoms. The lowest BCUT2D eigenvalue weighted by atomic mass is 9.98. The molecule has 33 heavy (non-hydrogen) atoms. The predicted molar refractivity (Wildman–Crippen MR) is 113 cm³/mol. The zero-order chi connectivity index (χ0) is 24.4. The lowest BCUT2D eigenvalue weighted by Crippen LogP contribution is -2.43. The molecular weight excluding hydrogens is 462 g/mol. The molecule has 5 N–H and O–H groups in total. The van der Waals surface area contributed by atoms with Gasteiger partial charge in [-0.25, -0.2) is 13.8 Å². The van der Waals surface area contributed by atoms with Gasteiger partial charge in [-0.3, -0.25) is 13.9 Å². The molecule has 180 valence electrons. The molecule has 2 aromatic rings. The second-order valence-electron chi connectivity index (χ2n) is 7.55. The topological polar surface area (TPSA) is 175 Å². The van der Waals surface area contributed by atoms with Gasteiger partial charge in [0.15, 0.2) is 11.9 Å². The van der Waals surface area contributed by atoms with Crippen LogP contribution in [-0.2, 0) is 18.6 Å². The van der Waals surface area contributed by atoms with Crippen LogP contribution in [0, 0.1) is 0 Å². The van der Waals surface area contributed by atoms with E-state index < -0.39 is 56.2 Å². The Morgan fingerprint density at radius 3 is 2.70 bits per heavy atom. The van der Waals surface area contributed by atoms with E-state index >= 15 is 4.39 Å². The highest BCUT2D eigenvalue weighted by atomic mass is 31.2. The highest BCUT2D eigenvalue weighted by molar-refractivity contribution is 7.52. The largest absolute Gasteiger partial charge is 0.480 e. The van der Waals surface area contributed by atoms with Crippen molar-refractivity contribution in [2.45, 2.75) is 44.0 Å². The van der Waals surface area contributed by atoms with E-state index in [1.165, 1.54) is 31.3 Å². The van der Waals surface area contributed by atoms with Crippen molar-refractivity contribution in [3.8, 4) is 5.75 Å². The third-order valence-electron chi connectivity index (χ3n) is 4.92. The molecule has 6 atom stereocenters. The number of rotatable bonds is 9. The molecule has 1 aliphatic heterocycles. The summed E-state index contributed by atoms with van der Waals surface area (Å²) in [6, 6.07) is 7.76. The maximum atomic E-state index is 15.3. The van der Waals surface area contributed by atoms with E-state index in [1.807, 2.05) is 0 Å². The summed E-state index contributed by atoms with van der Waals surface area (Å²) in [7, 11) is -4.32. The first-order valence-electron chi connectivity index (χ1n) is 9.80. The quantitative estimate of drug-likeness (QED) is 0.373. The first-order chi connectivity index (χ1) is 15.4. The number of halogens is 1. The van der Waals surface area contributed by atoms with Crippen molar-refractivity contribution in [1.29, 1.82) is 0 Å². The smallest absolute Gasteiger partial charge is 0.459 e. The van der Waals surface area contributed by atoms with Crippen LogP contribution in [0.3, 0.4) is 0 Å². The molecule has 2 heterocycles. The third-order valence-corrected chi connectivity index (χ3v) is 6.56. The van der Waals surface area contributed by atoms with Crippen molar-refractivity contribution in [2.75, 3.05) is 12.3 Å². The number of alkyl halides is 1. The van der Waals surface area contributed by atoms with E-state index in [4.69, 9.17) is 24.6 Å². The number of ether oxygens (including phenoxy) is 1. The second kappa shape index (κ2) is 9.57. The lowest BCUT2D eigenvalue weighted by molar-refractivity contribution is -0.138. The number of aliphatic hydroxyl groups excluding tert-OH is 1. The van der Waals surface area contributed by atoms with Crippen molar-refractivity contribution >= 4 is 19.5 Å². The van der Waals surface area contributed by atoms with Gasteiger partial charge in [0.1, 0.15) is 29.8 Å². The number of carbonyl (C=O) groups is 1. The molecule has 0 aliphatic carbocycles. The molecule has 0 radical (unpaired) electrons. The van der Waals surface area contributed by atoms with Crippen molar-refractivity contribution in [3.63, 3.8) is 0 Å².